The number of benzene rings is 1. The molecule has 0 spiro atoms. The molecule has 1 aliphatic rings. The number of halogens is 2. The normalized spacial score (nSPS) is 19.4. The molecule has 0 heterocycles. The molecule has 118 valence electrons. The topological polar surface area (TPSA) is 21.3 Å². The maximum absolute atomic E-state index is 6.15. The second-order valence-electron chi connectivity index (χ2n) is 5.89. The zero-order valence-corrected chi connectivity index (χ0v) is 14.4. The van der Waals surface area contributed by atoms with E-state index < -0.39 is 0 Å². The van der Waals surface area contributed by atoms with Gasteiger partial charge in [-0.3, -0.25) is 0 Å². The van der Waals surface area contributed by atoms with Crippen LogP contribution in [0.3, 0.4) is 0 Å². The lowest BCUT2D eigenvalue weighted by atomic mass is 9.77. The molecule has 1 N–H and O–H groups in total. The Hall–Kier alpha value is -0.280. The fourth-order valence-corrected chi connectivity index (χ4v) is 3.76. The van der Waals surface area contributed by atoms with E-state index in [2.05, 4.69) is 18.3 Å². The van der Waals surface area contributed by atoms with Gasteiger partial charge in [0.15, 0.2) is 0 Å². The van der Waals surface area contributed by atoms with Crippen LogP contribution in [0.4, 0.5) is 0 Å². The summed E-state index contributed by atoms with van der Waals surface area (Å²) in [5, 5.41) is 4.86. The van der Waals surface area contributed by atoms with Gasteiger partial charge in [0, 0.05) is 13.2 Å². The van der Waals surface area contributed by atoms with E-state index in [1.807, 2.05) is 19.2 Å². The van der Waals surface area contributed by atoms with Crippen molar-refractivity contribution in [3.05, 3.63) is 33.8 Å². The van der Waals surface area contributed by atoms with Crippen molar-refractivity contribution in [3.8, 4) is 0 Å². The van der Waals surface area contributed by atoms with E-state index in [0.29, 0.717) is 16.1 Å². The molecular weight excluding hydrogens is 305 g/mol. The molecule has 1 aromatic rings. The van der Waals surface area contributed by atoms with E-state index in [9.17, 15) is 0 Å². The van der Waals surface area contributed by atoms with Gasteiger partial charge in [-0.25, -0.2) is 0 Å². The zero-order chi connectivity index (χ0) is 15.3. The molecule has 1 fully saturated rings. The third-order valence-electron chi connectivity index (χ3n) is 4.62. The van der Waals surface area contributed by atoms with Gasteiger partial charge in [-0.2, -0.15) is 0 Å². The third kappa shape index (κ3) is 4.13. The largest absolute Gasteiger partial charge is 0.377 e. The maximum Gasteiger partial charge on any atom is 0.0834 e. The van der Waals surface area contributed by atoms with Crippen LogP contribution in [0.2, 0.25) is 10.0 Å². The fraction of sp³-hybridized carbons (Fsp3) is 0.647. The lowest BCUT2D eigenvalue weighted by molar-refractivity contribution is -0.0669. The Labute approximate surface area is 138 Å². The van der Waals surface area contributed by atoms with Crippen LogP contribution in [-0.2, 0) is 11.2 Å². The first-order chi connectivity index (χ1) is 10.1. The second kappa shape index (κ2) is 7.82. The summed E-state index contributed by atoms with van der Waals surface area (Å²) in [5.74, 6) is 0. The maximum atomic E-state index is 6.15. The molecule has 21 heavy (non-hydrogen) atoms. The van der Waals surface area contributed by atoms with Gasteiger partial charge in [-0.1, -0.05) is 55.5 Å². The van der Waals surface area contributed by atoms with Crippen molar-refractivity contribution in [3.63, 3.8) is 0 Å². The first-order valence-electron chi connectivity index (χ1n) is 7.84. The second-order valence-corrected chi connectivity index (χ2v) is 6.71. The first kappa shape index (κ1) is 17.1. The molecule has 2 nitrogen and oxygen atoms in total. The van der Waals surface area contributed by atoms with Gasteiger partial charge in [-0.05, 0) is 43.5 Å². The Bertz CT molecular complexity index is 458. The number of hydrogen-bond donors (Lipinski definition) is 1. The third-order valence-corrected chi connectivity index (χ3v) is 5.35. The van der Waals surface area contributed by atoms with E-state index in [1.165, 1.54) is 24.8 Å². The minimum Gasteiger partial charge on any atom is -0.377 e. The van der Waals surface area contributed by atoms with Gasteiger partial charge < -0.3 is 10.1 Å². The molecule has 1 saturated carbocycles. The van der Waals surface area contributed by atoms with Crippen LogP contribution in [0.25, 0.3) is 0 Å². The number of likely N-dealkylation sites (N-methyl/N-ethyl adjacent to an activating group) is 1. The standard InChI is InChI=1S/C17H25Cl2NO/c1-3-20-16(17(21-2)9-5-4-6-10-17)12-13-7-8-14(18)15(19)11-13/h7-8,11,16,20H,3-6,9-10,12H2,1-2H3. The summed E-state index contributed by atoms with van der Waals surface area (Å²) < 4.78 is 6.00. The predicted octanol–water partition coefficient (Wildman–Crippen LogP) is 4.86. The quantitative estimate of drug-likeness (QED) is 0.804. The van der Waals surface area contributed by atoms with Gasteiger partial charge in [0.25, 0.3) is 0 Å². The summed E-state index contributed by atoms with van der Waals surface area (Å²) in [6.45, 7) is 3.09. The van der Waals surface area contributed by atoms with E-state index in [-0.39, 0.29) is 5.60 Å². The highest BCUT2D eigenvalue weighted by atomic mass is 35.5. The predicted molar refractivity (Wildman–Crippen MR) is 90.5 cm³/mol. The highest BCUT2D eigenvalue weighted by molar-refractivity contribution is 6.42. The lowest BCUT2D eigenvalue weighted by Crippen LogP contribution is -2.54. The Morgan fingerprint density at radius 3 is 2.48 bits per heavy atom. The van der Waals surface area contributed by atoms with Gasteiger partial charge in [0.1, 0.15) is 0 Å². The Kier molecular flexibility index (Phi) is 6.36. The Morgan fingerprint density at radius 1 is 1.19 bits per heavy atom. The van der Waals surface area contributed by atoms with Gasteiger partial charge in [0.2, 0.25) is 0 Å². The summed E-state index contributed by atoms with van der Waals surface area (Å²) in [7, 11) is 1.85. The SMILES string of the molecule is CCNC(Cc1ccc(Cl)c(Cl)c1)C1(OC)CCCCC1. The average molecular weight is 330 g/mol. The van der Waals surface area contributed by atoms with Gasteiger partial charge >= 0.3 is 0 Å². The van der Waals surface area contributed by atoms with Gasteiger partial charge in [0.05, 0.1) is 15.6 Å². The van der Waals surface area contributed by atoms with E-state index in [4.69, 9.17) is 27.9 Å². The van der Waals surface area contributed by atoms with Crippen LogP contribution < -0.4 is 5.32 Å². The molecule has 0 amide bonds. The van der Waals surface area contributed by atoms with Crippen molar-refractivity contribution in [1.29, 1.82) is 0 Å². The average Bonchev–Trinajstić information content (AvgIpc) is 2.51. The highest BCUT2D eigenvalue weighted by Crippen LogP contribution is 2.36. The molecule has 1 unspecified atom stereocenters. The van der Waals surface area contributed by atoms with Crippen molar-refractivity contribution in [2.24, 2.45) is 0 Å². The number of hydrogen-bond acceptors (Lipinski definition) is 2. The molecule has 0 aliphatic heterocycles. The van der Waals surface area contributed by atoms with Crippen molar-refractivity contribution < 1.29 is 4.74 Å². The number of methoxy groups -OCH3 is 1. The van der Waals surface area contributed by atoms with Crippen LogP contribution >= 0.6 is 23.2 Å². The summed E-state index contributed by atoms with van der Waals surface area (Å²) in [4.78, 5) is 0. The monoisotopic (exact) mass is 329 g/mol. The molecule has 0 aromatic heterocycles. The number of nitrogens with one attached hydrogen (secondary N) is 1. The Balaban J connectivity index is 2.18. The van der Waals surface area contributed by atoms with E-state index in [1.54, 1.807) is 0 Å². The fourth-order valence-electron chi connectivity index (χ4n) is 3.44. The van der Waals surface area contributed by atoms with Crippen LogP contribution in [0, 0.1) is 0 Å². The smallest absolute Gasteiger partial charge is 0.0834 e. The lowest BCUT2D eigenvalue weighted by Gasteiger charge is -2.43. The number of ether oxygens (including phenoxy) is 1. The van der Waals surface area contributed by atoms with Crippen LogP contribution in [0.5, 0.6) is 0 Å². The molecule has 0 bridgehead atoms. The molecule has 0 radical (unpaired) electrons. The molecule has 1 aromatic carbocycles. The minimum atomic E-state index is -0.0552. The highest BCUT2D eigenvalue weighted by Gasteiger charge is 2.39. The van der Waals surface area contributed by atoms with Crippen molar-refractivity contribution in [2.45, 2.75) is 57.1 Å². The number of rotatable bonds is 6. The van der Waals surface area contributed by atoms with Crippen LogP contribution in [0.1, 0.15) is 44.6 Å². The van der Waals surface area contributed by atoms with E-state index in [0.717, 1.165) is 25.8 Å². The molecule has 4 heteroatoms. The van der Waals surface area contributed by atoms with Gasteiger partial charge in [-0.15, -0.1) is 0 Å². The van der Waals surface area contributed by atoms with E-state index >= 15 is 0 Å². The Morgan fingerprint density at radius 2 is 1.90 bits per heavy atom. The van der Waals surface area contributed by atoms with Crippen molar-refractivity contribution >= 4 is 23.2 Å². The zero-order valence-electron chi connectivity index (χ0n) is 12.9. The van der Waals surface area contributed by atoms with Crippen LogP contribution in [-0.4, -0.2) is 25.3 Å². The minimum absolute atomic E-state index is 0.0552. The first-order valence-corrected chi connectivity index (χ1v) is 8.59. The summed E-state index contributed by atoms with van der Waals surface area (Å²) >= 11 is 12.2. The molecule has 2 rings (SSSR count). The molecule has 1 atom stereocenters. The molecular formula is C17H25Cl2NO. The van der Waals surface area contributed by atoms with Crippen molar-refractivity contribution in [2.75, 3.05) is 13.7 Å². The molecule has 0 saturated heterocycles. The summed E-state index contributed by atoms with van der Waals surface area (Å²) in [6.07, 6.45) is 6.98. The summed E-state index contributed by atoms with van der Waals surface area (Å²) in [6, 6.07) is 6.22. The molecule has 1 aliphatic carbocycles. The van der Waals surface area contributed by atoms with Crippen molar-refractivity contribution in [1.82, 2.24) is 5.32 Å². The van der Waals surface area contributed by atoms with Crippen LogP contribution in [0.15, 0.2) is 18.2 Å². The summed E-state index contributed by atoms with van der Waals surface area (Å²) in [5.41, 5.74) is 1.15.